The van der Waals surface area contributed by atoms with E-state index in [0.29, 0.717) is 11.3 Å². The lowest BCUT2D eigenvalue weighted by Gasteiger charge is -2.01. The Hall–Kier alpha value is -2.54. The summed E-state index contributed by atoms with van der Waals surface area (Å²) in [6.07, 6.45) is 6.88. The van der Waals surface area contributed by atoms with Crippen LogP contribution in [-0.2, 0) is 9.59 Å². The van der Waals surface area contributed by atoms with Crippen molar-refractivity contribution in [3.05, 3.63) is 42.0 Å². The standard InChI is InChI=1S/C12H9NO3/c1-2-9-3-5-10(6-4-9)13-11(14)7-8-12(15)16/h1,3-8H,(H,13,14)(H,15,16)/b8-7-. The van der Waals surface area contributed by atoms with Crippen molar-refractivity contribution in [2.45, 2.75) is 0 Å². The highest BCUT2D eigenvalue weighted by Gasteiger charge is 1.98. The van der Waals surface area contributed by atoms with Crippen LogP contribution in [0.1, 0.15) is 5.56 Å². The lowest BCUT2D eigenvalue weighted by Crippen LogP contribution is -2.08. The minimum atomic E-state index is -1.17. The predicted molar refractivity (Wildman–Crippen MR) is 59.8 cm³/mol. The normalized spacial score (nSPS) is 9.69. The van der Waals surface area contributed by atoms with Gasteiger partial charge in [0.15, 0.2) is 0 Å². The molecule has 16 heavy (non-hydrogen) atoms. The first-order valence-corrected chi connectivity index (χ1v) is 4.40. The third-order valence-corrected chi connectivity index (χ3v) is 1.70. The fourth-order valence-electron chi connectivity index (χ4n) is 0.981. The van der Waals surface area contributed by atoms with E-state index in [9.17, 15) is 9.59 Å². The largest absolute Gasteiger partial charge is 0.478 e. The average molecular weight is 215 g/mol. The van der Waals surface area contributed by atoms with Crippen LogP contribution in [-0.4, -0.2) is 17.0 Å². The van der Waals surface area contributed by atoms with Gasteiger partial charge >= 0.3 is 5.97 Å². The number of amides is 1. The Morgan fingerprint density at radius 3 is 2.38 bits per heavy atom. The van der Waals surface area contributed by atoms with Gasteiger partial charge in [-0.2, -0.15) is 0 Å². The second-order valence-corrected chi connectivity index (χ2v) is 2.88. The SMILES string of the molecule is C#Cc1ccc(NC(=O)/C=C\C(=O)O)cc1. The van der Waals surface area contributed by atoms with Crippen LogP contribution in [0.25, 0.3) is 0 Å². The minimum absolute atomic E-state index is 0.504. The van der Waals surface area contributed by atoms with Crippen molar-refractivity contribution in [3.63, 3.8) is 0 Å². The molecule has 0 fully saturated rings. The second kappa shape index (κ2) is 5.37. The van der Waals surface area contributed by atoms with Crippen molar-refractivity contribution in [1.82, 2.24) is 0 Å². The van der Waals surface area contributed by atoms with Gasteiger partial charge in [0, 0.05) is 23.4 Å². The topological polar surface area (TPSA) is 66.4 Å². The number of hydrogen-bond acceptors (Lipinski definition) is 2. The van der Waals surface area contributed by atoms with E-state index in [2.05, 4.69) is 11.2 Å². The fraction of sp³-hybridized carbons (Fsp3) is 0. The number of carboxylic acid groups (broad SMARTS) is 1. The maximum absolute atomic E-state index is 11.2. The zero-order valence-electron chi connectivity index (χ0n) is 8.31. The van der Waals surface area contributed by atoms with Crippen LogP contribution in [0.4, 0.5) is 5.69 Å². The van der Waals surface area contributed by atoms with Gasteiger partial charge in [0.05, 0.1) is 0 Å². The maximum atomic E-state index is 11.2. The zero-order valence-corrected chi connectivity index (χ0v) is 8.31. The molecule has 0 saturated heterocycles. The summed E-state index contributed by atoms with van der Waals surface area (Å²) in [5, 5.41) is 10.8. The summed E-state index contributed by atoms with van der Waals surface area (Å²) in [6, 6.07) is 6.64. The Bertz CT molecular complexity index is 466. The molecule has 0 atom stereocenters. The second-order valence-electron chi connectivity index (χ2n) is 2.88. The predicted octanol–water partition coefficient (Wildman–Crippen LogP) is 1.25. The Balaban J connectivity index is 2.64. The highest BCUT2D eigenvalue weighted by atomic mass is 16.4. The highest BCUT2D eigenvalue weighted by Crippen LogP contribution is 2.08. The van der Waals surface area contributed by atoms with Crippen LogP contribution in [0.3, 0.4) is 0 Å². The summed E-state index contributed by atoms with van der Waals surface area (Å²) in [5.74, 6) is 0.771. The quantitative estimate of drug-likeness (QED) is 0.589. The summed E-state index contributed by atoms with van der Waals surface area (Å²) in [7, 11) is 0. The molecule has 0 aliphatic rings. The van der Waals surface area contributed by atoms with E-state index in [1.807, 2.05) is 0 Å². The minimum Gasteiger partial charge on any atom is -0.478 e. The van der Waals surface area contributed by atoms with E-state index >= 15 is 0 Å². The lowest BCUT2D eigenvalue weighted by molar-refractivity contribution is -0.131. The third-order valence-electron chi connectivity index (χ3n) is 1.70. The van der Waals surface area contributed by atoms with E-state index in [4.69, 9.17) is 11.5 Å². The van der Waals surface area contributed by atoms with Gasteiger partial charge in [-0.05, 0) is 24.3 Å². The van der Waals surface area contributed by atoms with Gasteiger partial charge in [-0.3, -0.25) is 4.79 Å². The van der Waals surface area contributed by atoms with Gasteiger partial charge in [0.1, 0.15) is 0 Å². The molecule has 0 bridgehead atoms. The molecular formula is C12H9NO3. The first-order chi connectivity index (χ1) is 7.61. The number of terminal acetylenes is 1. The number of carbonyl (C=O) groups is 2. The Kier molecular flexibility index (Phi) is 3.87. The molecule has 0 radical (unpaired) electrons. The van der Waals surface area contributed by atoms with Gasteiger partial charge in [-0.15, -0.1) is 6.42 Å². The summed E-state index contributed by atoms with van der Waals surface area (Å²) in [6.45, 7) is 0. The average Bonchev–Trinajstić information content (AvgIpc) is 2.27. The van der Waals surface area contributed by atoms with Crippen LogP contribution in [0.2, 0.25) is 0 Å². The molecule has 0 heterocycles. The molecule has 1 amide bonds. The van der Waals surface area contributed by atoms with Gasteiger partial charge in [-0.1, -0.05) is 5.92 Å². The van der Waals surface area contributed by atoms with Crippen LogP contribution in [0, 0.1) is 12.3 Å². The highest BCUT2D eigenvalue weighted by molar-refractivity contribution is 6.02. The molecule has 2 N–H and O–H groups in total. The van der Waals surface area contributed by atoms with Crippen molar-refractivity contribution in [2.24, 2.45) is 0 Å². The van der Waals surface area contributed by atoms with E-state index in [1.165, 1.54) is 0 Å². The van der Waals surface area contributed by atoms with Gasteiger partial charge < -0.3 is 10.4 Å². The summed E-state index contributed by atoms with van der Waals surface area (Å²) < 4.78 is 0. The molecule has 4 nitrogen and oxygen atoms in total. The monoisotopic (exact) mass is 215 g/mol. The molecule has 1 rings (SSSR count). The van der Waals surface area contributed by atoms with E-state index in [-0.39, 0.29) is 0 Å². The molecular weight excluding hydrogens is 206 g/mol. The third kappa shape index (κ3) is 3.68. The summed E-state index contributed by atoms with van der Waals surface area (Å²) >= 11 is 0. The molecule has 0 aliphatic heterocycles. The zero-order chi connectivity index (χ0) is 12.0. The fourth-order valence-corrected chi connectivity index (χ4v) is 0.981. The van der Waals surface area contributed by atoms with Crippen molar-refractivity contribution in [3.8, 4) is 12.3 Å². The van der Waals surface area contributed by atoms with Crippen LogP contribution in [0.5, 0.6) is 0 Å². The number of benzene rings is 1. The molecule has 0 aromatic heterocycles. The molecule has 80 valence electrons. The number of anilines is 1. The maximum Gasteiger partial charge on any atom is 0.328 e. The van der Waals surface area contributed by atoms with Crippen LogP contribution in [0.15, 0.2) is 36.4 Å². The molecule has 0 spiro atoms. The van der Waals surface area contributed by atoms with Crippen molar-refractivity contribution >= 4 is 17.6 Å². The molecule has 0 saturated carbocycles. The number of rotatable bonds is 3. The number of carbonyl (C=O) groups excluding carboxylic acids is 1. The molecule has 0 aliphatic carbocycles. The van der Waals surface area contributed by atoms with Crippen LogP contribution >= 0.6 is 0 Å². The smallest absolute Gasteiger partial charge is 0.328 e. The van der Waals surface area contributed by atoms with Crippen molar-refractivity contribution < 1.29 is 14.7 Å². The van der Waals surface area contributed by atoms with Gasteiger partial charge in [0.25, 0.3) is 0 Å². The molecule has 1 aromatic rings. The number of nitrogens with one attached hydrogen (secondary N) is 1. The van der Waals surface area contributed by atoms with E-state index < -0.39 is 11.9 Å². The number of hydrogen-bond donors (Lipinski definition) is 2. The lowest BCUT2D eigenvalue weighted by atomic mass is 10.2. The summed E-state index contributed by atoms with van der Waals surface area (Å²) in [5.41, 5.74) is 1.26. The van der Waals surface area contributed by atoms with E-state index in [0.717, 1.165) is 12.2 Å². The van der Waals surface area contributed by atoms with Gasteiger partial charge in [-0.25, -0.2) is 4.79 Å². The van der Waals surface area contributed by atoms with Crippen molar-refractivity contribution in [1.29, 1.82) is 0 Å². The Morgan fingerprint density at radius 1 is 1.25 bits per heavy atom. The van der Waals surface area contributed by atoms with Crippen molar-refractivity contribution in [2.75, 3.05) is 5.32 Å². The molecule has 0 unspecified atom stereocenters. The van der Waals surface area contributed by atoms with Crippen LogP contribution < -0.4 is 5.32 Å². The first-order valence-electron chi connectivity index (χ1n) is 4.40. The van der Waals surface area contributed by atoms with Gasteiger partial charge in [0.2, 0.25) is 5.91 Å². The molecule has 1 aromatic carbocycles. The number of carboxylic acids is 1. The number of aliphatic carboxylic acids is 1. The Labute approximate surface area is 92.6 Å². The molecule has 4 heteroatoms. The first kappa shape index (κ1) is 11.5. The summed E-state index contributed by atoms with van der Waals surface area (Å²) in [4.78, 5) is 21.3. The Morgan fingerprint density at radius 2 is 1.88 bits per heavy atom. The van der Waals surface area contributed by atoms with E-state index in [1.54, 1.807) is 24.3 Å².